The van der Waals surface area contributed by atoms with E-state index in [9.17, 15) is 4.79 Å². The topological polar surface area (TPSA) is 34.9 Å². The molecule has 0 amide bonds. The van der Waals surface area contributed by atoms with Gasteiger partial charge in [-0.1, -0.05) is 42.1 Å². The minimum atomic E-state index is 0.246. The number of rotatable bonds is 4. The van der Waals surface area contributed by atoms with E-state index in [1.165, 1.54) is 26.3 Å². The number of hydrogen-bond donors (Lipinski definition) is 1. The van der Waals surface area contributed by atoms with Gasteiger partial charge in [0.05, 0.1) is 0 Å². The van der Waals surface area contributed by atoms with E-state index in [0.29, 0.717) is 6.42 Å². The number of pyridine rings is 1. The van der Waals surface area contributed by atoms with Crippen molar-refractivity contribution in [2.24, 2.45) is 0 Å². The molecule has 0 saturated heterocycles. The van der Waals surface area contributed by atoms with Crippen molar-refractivity contribution in [3.05, 3.63) is 60.4 Å². The molecule has 1 aliphatic rings. The molecule has 1 aliphatic heterocycles. The second-order valence-electron chi connectivity index (χ2n) is 7.25. The van der Waals surface area contributed by atoms with Crippen molar-refractivity contribution in [3.8, 4) is 0 Å². The van der Waals surface area contributed by atoms with Gasteiger partial charge in [-0.05, 0) is 41.8 Å². The highest BCUT2D eigenvalue weighted by Crippen LogP contribution is 2.46. The first kappa shape index (κ1) is 17.8. The van der Waals surface area contributed by atoms with Gasteiger partial charge in [0.25, 0.3) is 0 Å². The molecule has 0 radical (unpaired) electrons. The van der Waals surface area contributed by atoms with Crippen LogP contribution in [0.1, 0.15) is 30.9 Å². The summed E-state index contributed by atoms with van der Waals surface area (Å²) in [6, 6.07) is 17.0. The van der Waals surface area contributed by atoms with Crippen molar-refractivity contribution in [1.29, 1.82) is 0 Å². The van der Waals surface area contributed by atoms with Gasteiger partial charge in [0.2, 0.25) is 0 Å². The summed E-state index contributed by atoms with van der Waals surface area (Å²) in [5, 5.41) is 3.58. The number of aryl methyl sites for hydroxylation is 1. The zero-order chi connectivity index (χ0) is 19.1. The molecule has 4 aromatic rings. The highest BCUT2D eigenvalue weighted by molar-refractivity contribution is 7.99. The molecule has 2 aromatic carbocycles. The number of hydrogen-bond acceptors (Lipinski definition) is 4. The Balaban J connectivity index is 1.70. The summed E-state index contributed by atoms with van der Waals surface area (Å²) in [6.45, 7) is 0.948. The summed E-state index contributed by atoms with van der Waals surface area (Å²) in [4.78, 5) is 19.4. The fourth-order valence-corrected chi connectivity index (χ4v) is 5.89. The number of nitrogens with zero attached hydrogens (tertiary/aromatic N) is 2. The Kier molecular flexibility index (Phi) is 4.65. The van der Waals surface area contributed by atoms with E-state index in [1.54, 1.807) is 11.8 Å². The molecule has 0 fully saturated rings. The van der Waals surface area contributed by atoms with Gasteiger partial charge in [-0.15, -0.1) is 12.6 Å². The maximum absolute atomic E-state index is 11.3. The Morgan fingerprint density at radius 3 is 2.89 bits per heavy atom. The molecular formula is C23H20N2OS2. The molecule has 1 unspecified atom stereocenters. The number of aldehydes is 1. The van der Waals surface area contributed by atoms with Crippen LogP contribution in [0.3, 0.4) is 0 Å². The zero-order valence-electron chi connectivity index (χ0n) is 15.3. The lowest BCUT2D eigenvalue weighted by Crippen LogP contribution is -2.16. The molecule has 0 saturated carbocycles. The lowest BCUT2D eigenvalue weighted by Gasteiger charge is -2.24. The summed E-state index contributed by atoms with van der Waals surface area (Å²) < 4.78 is 2.32. The van der Waals surface area contributed by atoms with Gasteiger partial charge >= 0.3 is 0 Å². The van der Waals surface area contributed by atoms with Crippen LogP contribution in [0.25, 0.3) is 21.8 Å². The van der Waals surface area contributed by atoms with Crippen LogP contribution in [0.2, 0.25) is 0 Å². The average Bonchev–Trinajstić information content (AvgIpc) is 3.04. The highest BCUT2D eigenvalue weighted by Gasteiger charge is 2.29. The molecule has 28 heavy (non-hydrogen) atoms. The van der Waals surface area contributed by atoms with E-state index in [0.717, 1.165) is 41.6 Å². The van der Waals surface area contributed by atoms with Crippen LogP contribution in [0.5, 0.6) is 0 Å². The Labute approximate surface area is 173 Å². The van der Waals surface area contributed by atoms with Crippen molar-refractivity contribution in [2.75, 3.05) is 0 Å². The van der Waals surface area contributed by atoms with Gasteiger partial charge in [-0.3, -0.25) is 0 Å². The monoisotopic (exact) mass is 404 g/mol. The van der Waals surface area contributed by atoms with Gasteiger partial charge in [-0.2, -0.15) is 0 Å². The molecule has 0 N–H and O–H groups in total. The number of benzene rings is 2. The fourth-order valence-electron chi connectivity index (χ4n) is 4.29. The Morgan fingerprint density at radius 1 is 1.18 bits per heavy atom. The van der Waals surface area contributed by atoms with Gasteiger partial charge in [-0.25, -0.2) is 4.98 Å². The molecule has 0 aliphatic carbocycles. The Bertz CT molecular complexity index is 1200. The lowest BCUT2D eigenvalue weighted by molar-refractivity contribution is -0.108. The first-order valence-electron chi connectivity index (χ1n) is 9.56. The largest absolute Gasteiger partial charge is 0.328 e. The average molecular weight is 405 g/mol. The first-order chi connectivity index (χ1) is 13.8. The SMILES string of the molecule is O=CCC1CCCn2c1c(Sc1ccc3ccccc3c1)c1c(S)ccnc12. The fraction of sp³-hybridized carbons (Fsp3) is 0.217. The van der Waals surface area contributed by atoms with Gasteiger partial charge in [0.15, 0.2) is 0 Å². The third kappa shape index (κ3) is 2.93. The Hall–Kier alpha value is -2.24. The third-order valence-electron chi connectivity index (χ3n) is 5.56. The number of thiol groups is 1. The molecule has 140 valence electrons. The summed E-state index contributed by atoms with van der Waals surface area (Å²) >= 11 is 6.52. The lowest BCUT2D eigenvalue weighted by atomic mass is 9.93. The van der Waals surface area contributed by atoms with E-state index in [4.69, 9.17) is 12.6 Å². The molecule has 1 atom stereocenters. The predicted molar refractivity (Wildman–Crippen MR) is 118 cm³/mol. The molecular weight excluding hydrogens is 384 g/mol. The second-order valence-corrected chi connectivity index (χ2v) is 8.81. The number of fused-ring (bicyclic) bond motifs is 4. The van der Waals surface area contributed by atoms with Crippen LogP contribution < -0.4 is 0 Å². The minimum Gasteiger partial charge on any atom is -0.328 e. The maximum Gasteiger partial charge on any atom is 0.142 e. The molecule has 3 heterocycles. The smallest absolute Gasteiger partial charge is 0.142 e. The van der Waals surface area contributed by atoms with E-state index in [1.807, 2.05) is 12.3 Å². The van der Waals surface area contributed by atoms with Crippen LogP contribution in [0.15, 0.2) is 69.4 Å². The van der Waals surface area contributed by atoms with Crippen molar-refractivity contribution < 1.29 is 4.79 Å². The normalized spacial score (nSPS) is 16.4. The van der Waals surface area contributed by atoms with Crippen molar-refractivity contribution in [2.45, 2.75) is 46.4 Å². The van der Waals surface area contributed by atoms with E-state index < -0.39 is 0 Å². The van der Waals surface area contributed by atoms with Crippen LogP contribution in [0, 0.1) is 0 Å². The van der Waals surface area contributed by atoms with Gasteiger partial charge in [0.1, 0.15) is 11.9 Å². The van der Waals surface area contributed by atoms with Crippen molar-refractivity contribution in [3.63, 3.8) is 0 Å². The van der Waals surface area contributed by atoms with E-state index in [2.05, 4.69) is 52.0 Å². The van der Waals surface area contributed by atoms with Crippen LogP contribution in [-0.2, 0) is 11.3 Å². The summed E-state index contributed by atoms with van der Waals surface area (Å²) in [7, 11) is 0. The van der Waals surface area contributed by atoms with Crippen LogP contribution >= 0.6 is 24.4 Å². The van der Waals surface area contributed by atoms with Crippen molar-refractivity contribution >= 4 is 52.5 Å². The van der Waals surface area contributed by atoms with E-state index >= 15 is 0 Å². The minimum absolute atomic E-state index is 0.246. The summed E-state index contributed by atoms with van der Waals surface area (Å²) in [5.74, 6) is 0.246. The third-order valence-corrected chi connectivity index (χ3v) is 7.04. The quantitative estimate of drug-likeness (QED) is 0.330. The number of carbonyl (C=O) groups is 1. The van der Waals surface area contributed by atoms with Crippen molar-refractivity contribution in [1.82, 2.24) is 9.55 Å². The highest BCUT2D eigenvalue weighted by atomic mass is 32.2. The molecule has 0 bridgehead atoms. The summed E-state index contributed by atoms with van der Waals surface area (Å²) in [6.07, 6.45) is 5.56. The number of carbonyl (C=O) groups excluding carboxylic acids is 1. The first-order valence-corrected chi connectivity index (χ1v) is 10.8. The van der Waals surface area contributed by atoms with Crippen LogP contribution in [-0.4, -0.2) is 15.8 Å². The molecule has 5 heteroatoms. The van der Waals surface area contributed by atoms with E-state index in [-0.39, 0.29) is 5.92 Å². The zero-order valence-corrected chi connectivity index (χ0v) is 17.0. The molecule has 2 aromatic heterocycles. The molecule has 5 rings (SSSR count). The summed E-state index contributed by atoms with van der Waals surface area (Å²) in [5.41, 5.74) is 2.24. The molecule has 0 spiro atoms. The maximum atomic E-state index is 11.3. The van der Waals surface area contributed by atoms with Gasteiger partial charge < -0.3 is 9.36 Å². The predicted octanol–water partition coefficient (Wildman–Crippen LogP) is 6.10. The second kappa shape index (κ2) is 7.30. The standard InChI is InChI=1S/C23H20N2OS2/c26-13-10-16-6-3-12-25-21(16)22(20-19(27)9-11-24-23(20)25)28-18-8-7-15-4-1-2-5-17(15)14-18/h1-2,4-5,7-9,11,13-14,16H,3,6,10,12H2,(H,24,27). The van der Waals surface area contributed by atoms with Crippen LogP contribution in [0.4, 0.5) is 0 Å². The molecule has 3 nitrogen and oxygen atoms in total. The van der Waals surface area contributed by atoms with Gasteiger partial charge in [0, 0.05) is 50.8 Å². The Morgan fingerprint density at radius 2 is 2.04 bits per heavy atom. The number of aromatic nitrogens is 2.